The van der Waals surface area contributed by atoms with Gasteiger partial charge in [-0.3, -0.25) is 4.79 Å². The lowest BCUT2D eigenvalue weighted by atomic mass is 9.77. The molecule has 40 heavy (non-hydrogen) atoms. The molecule has 0 fully saturated rings. The number of nitrogens with one attached hydrogen (secondary N) is 1. The predicted octanol–water partition coefficient (Wildman–Crippen LogP) is 4.30. The highest BCUT2D eigenvalue weighted by Crippen LogP contribution is 2.57. The second-order valence-electron chi connectivity index (χ2n) is 9.94. The number of aliphatic carboxylic acids is 1. The van der Waals surface area contributed by atoms with Crippen molar-refractivity contribution in [2.24, 2.45) is 0 Å². The van der Waals surface area contributed by atoms with Crippen molar-refractivity contribution in [2.75, 3.05) is 7.05 Å². The number of esters is 1. The van der Waals surface area contributed by atoms with Crippen LogP contribution in [0.1, 0.15) is 38.2 Å². The van der Waals surface area contributed by atoms with Crippen LogP contribution in [0.5, 0.6) is 23.0 Å². The number of carbonyl (C=O) groups excluding carboxylic acids is 1. The molecule has 9 heteroatoms. The number of carboxylic acid groups (broad SMARTS) is 1. The number of phenolic OH excluding ortho intramolecular Hbond substituents is 2. The summed E-state index contributed by atoms with van der Waals surface area (Å²) in [6, 6.07) is 23.1. The van der Waals surface area contributed by atoms with Gasteiger partial charge in [-0.1, -0.05) is 48.5 Å². The molecule has 9 nitrogen and oxygen atoms in total. The van der Waals surface area contributed by atoms with Crippen molar-refractivity contribution >= 4 is 11.9 Å². The van der Waals surface area contributed by atoms with Gasteiger partial charge < -0.3 is 24.8 Å². The number of ether oxygens (including phenoxy) is 2. The number of carbonyl (C=O) groups is 2. The molecule has 1 spiro atoms. The Hall–Kier alpha value is -4.86. The summed E-state index contributed by atoms with van der Waals surface area (Å²) in [5, 5.41) is 31.7. The second kappa shape index (κ2) is 9.71. The van der Waals surface area contributed by atoms with Crippen LogP contribution in [0, 0.1) is 0 Å². The third-order valence-electron chi connectivity index (χ3n) is 7.25. The number of hydrogen-bond acceptors (Lipinski definition) is 8. The van der Waals surface area contributed by atoms with Gasteiger partial charge in [-0.15, -0.1) is 0 Å². The third-order valence-corrected chi connectivity index (χ3v) is 7.25. The quantitative estimate of drug-likeness (QED) is 0.201. The Bertz CT molecular complexity index is 1590. The van der Waals surface area contributed by atoms with Gasteiger partial charge in [0.05, 0.1) is 5.56 Å². The molecule has 0 amide bonds. The highest BCUT2D eigenvalue weighted by atomic mass is 16.6. The van der Waals surface area contributed by atoms with Crippen molar-refractivity contribution in [3.8, 4) is 23.0 Å². The Kier molecular flexibility index (Phi) is 6.17. The Balaban J connectivity index is 1.38. The minimum Gasteiger partial charge on any atom is -0.508 e. The zero-order valence-corrected chi connectivity index (χ0v) is 21.5. The van der Waals surface area contributed by atoms with E-state index in [0.29, 0.717) is 39.3 Å². The van der Waals surface area contributed by atoms with E-state index in [-0.39, 0.29) is 24.5 Å². The summed E-state index contributed by atoms with van der Waals surface area (Å²) in [6.07, 6.45) is 0.284. The number of nitrogens with zero attached hydrogens (tertiary/aromatic N) is 1. The third kappa shape index (κ3) is 4.21. The Morgan fingerprint density at radius 1 is 0.900 bits per heavy atom. The van der Waals surface area contributed by atoms with Gasteiger partial charge in [0.25, 0.3) is 0 Å². The van der Waals surface area contributed by atoms with Crippen molar-refractivity contribution in [1.29, 1.82) is 0 Å². The molecule has 2 heterocycles. The fourth-order valence-electron chi connectivity index (χ4n) is 5.55. The summed E-state index contributed by atoms with van der Waals surface area (Å²) < 4.78 is 12.2. The summed E-state index contributed by atoms with van der Waals surface area (Å²) in [5.41, 5.74) is 5.23. The average molecular weight is 539 g/mol. The van der Waals surface area contributed by atoms with E-state index in [1.54, 1.807) is 30.3 Å². The fourth-order valence-corrected chi connectivity index (χ4v) is 5.55. The maximum Gasteiger partial charge on any atom is 0.340 e. The second-order valence-corrected chi connectivity index (χ2v) is 9.94. The number of fused-ring (bicyclic) bond motifs is 6. The molecule has 0 aromatic heterocycles. The van der Waals surface area contributed by atoms with E-state index < -0.39 is 23.6 Å². The molecule has 0 radical (unpaired) electrons. The summed E-state index contributed by atoms with van der Waals surface area (Å²) >= 11 is 0. The van der Waals surface area contributed by atoms with Crippen molar-refractivity contribution in [3.05, 3.63) is 118 Å². The van der Waals surface area contributed by atoms with Gasteiger partial charge in [0.15, 0.2) is 5.60 Å². The van der Waals surface area contributed by atoms with Crippen molar-refractivity contribution in [3.63, 3.8) is 0 Å². The lowest BCUT2D eigenvalue weighted by Gasteiger charge is -2.36. The van der Waals surface area contributed by atoms with Crippen LogP contribution in [-0.2, 0) is 28.1 Å². The van der Waals surface area contributed by atoms with Gasteiger partial charge >= 0.3 is 11.9 Å². The number of phenols is 2. The predicted molar refractivity (Wildman–Crippen MR) is 144 cm³/mol. The van der Waals surface area contributed by atoms with E-state index in [4.69, 9.17) is 9.47 Å². The van der Waals surface area contributed by atoms with E-state index in [1.807, 2.05) is 42.5 Å². The normalized spacial score (nSPS) is 15.1. The molecule has 1 atom stereocenters. The molecule has 0 bridgehead atoms. The maximum absolute atomic E-state index is 13.6. The van der Waals surface area contributed by atoms with E-state index in [1.165, 1.54) is 24.3 Å². The van der Waals surface area contributed by atoms with Crippen molar-refractivity contribution in [2.45, 2.75) is 24.6 Å². The van der Waals surface area contributed by atoms with Gasteiger partial charge in [0.2, 0.25) is 0 Å². The molecule has 6 rings (SSSR count). The Labute approximate surface area is 229 Å². The molecule has 4 aromatic carbocycles. The minimum absolute atomic E-state index is 0.0213. The molecular weight excluding hydrogens is 512 g/mol. The number of carboxylic acids is 1. The van der Waals surface area contributed by atoms with Crippen molar-refractivity contribution in [1.82, 2.24) is 10.4 Å². The summed E-state index contributed by atoms with van der Waals surface area (Å²) in [7, 11) is 1.72. The van der Waals surface area contributed by atoms with Crippen LogP contribution in [-0.4, -0.2) is 45.4 Å². The van der Waals surface area contributed by atoms with Crippen LogP contribution >= 0.6 is 0 Å². The molecule has 4 N–H and O–H groups in total. The molecule has 202 valence electrons. The molecule has 0 saturated heterocycles. The van der Waals surface area contributed by atoms with E-state index in [9.17, 15) is 24.9 Å². The van der Waals surface area contributed by atoms with Crippen LogP contribution in [0.15, 0.2) is 84.9 Å². The first kappa shape index (κ1) is 25.4. The molecule has 4 aromatic rings. The minimum atomic E-state index is -1.37. The van der Waals surface area contributed by atoms with E-state index >= 15 is 0 Å². The van der Waals surface area contributed by atoms with E-state index in [0.717, 1.165) is 5.56 Å². The van der Waals surface area contributed by atoms with Crippen LogP contribution in [0.2, 0.25) is 0 Å². The lowest BCUT2D eigenvalue weighted by molar-refractivity contribution is -0.141. The summed E-state index contributed by atoms with van der Waals surface area (Å²) in [5.74, 6) is -0.979. The molecule has 2 aliphatic heterocycles. The highest BCUT2D eigenvalue weighted by Gasteiger charge is 2.54. The van der Waals surface area contributed by atoms with Gasteiger partial charge in [-0.05, 0) is 41.8 Å². The fraction of sp³-hybridized carbons (Fsp3) is 0.161. The average Bonchev–Trinajstić information content (AvgIpc) is 3.22. The molecule has 0 aliphatic carbocycles. The number of hydrogen-bond donors (Lipinski definition) is 4. The van der Waals surface area contributed by atoms with Gasteiger partial charge in [-0.25, -0.2) is 15.2 Å². The van der Waals surface area contributed by atoms with Crippen molar-refractivity contribution < 1.29 is 34.4 Å². The molecular formula is C31H26N2O7. The zero-order chi connectivity index (χ0) is 28.0. The first-order valence-electron chi connectivity index (χ1n) is 12.7. The largest absolute Gasteiger partial charge is 0.508 e. The van der Waals surface area contributed by atoms with Crippen LogP contribution in [0.3, 0.4) is 0 Å². The maximum atomic E-state index is 13.6. The number of rotatable bonds is 7. The van der Waals surface area contributed by atoms with Crippen LogP contribution in [0.25, 0.3) is 0 Å². The first-order chi connectivity index (χ1) is 19.3. The van der Waals surface area contributed by atoms with Gasteiger partial charge in [0.1, 0.15) is 29.0 Å². The Morgan fingerprint density at radius 2 is 1.55 bits per heavy atom. The molecule has 0 saturated carbocycles. The Morgan fingerprint density at radius 3 is 2.17 bits per heavy atom. The van der Waals surface area contributed by atoms with Gasteiger partial charge in [-0.2, -0.15) is 0 Å². The van der Waals surface area contributed by atoms with E-state index in [2.05, 4.69) is 5.43 Å². The summed E-state index contributed by atoms with van der Waals surface area (Å²) in [4.78, 5) is 25.6. The number of hydrazine groups is 1. The zero-order valence-electron chi connectivity index (χ0n) is 21.5. The first-order valence-corrected chi connectivity index (χ1v) is 12.7. The SMILES string of the molecule is CN(Cc1cccc2c1C(=O)OC21c2ccc(O)cc2Oc2cc(O)ccc21)NC(Cc1ccccc1)C(=O)O. The monoisotopic (exact) mass is 538 g/mol. The lowest BCUT2D eigenvalue weighted by Crippen LogP contribution is -2.47. The van der Waals surface area contributed by atoms with Crippen LogP contribution < -0.4 is 10.2 Å². The smallest absolute Gasteiger partial charge is 0.340 e. The number of benzene rings is 4. The van der Waals surface area contributed by atoms with Gasteiger partial charge in [0, 0.05) is 42.4 Å². The highest BCUT2D eigenvalue weighted by molar-refractivity contribution is 5.98. The standard InChI is InChI=1S/C31H26N2O7/c1-33(32-25(29(36)37)14-18-6-3-2-4-7-18)17-19-8-5-9-24-28(19)30(38)40-31(24)22-12-10-20(34)15-26(22)39-27-16-21(35)11-13-23(27)31/h2-13,15-16,25,32,34-35H,14,17H2,1H3,(H,36,37). The van der Waals surface area contributed by atoms with Crippen LogP contribution in [0.4, 0.5) is 0 Å². The molecule has 2 aliphatic rings. The summed E-state index contributed by atoms with van der Waals surface area (Å²) in [6.45, 7) is 0.217. The molecule has 1 unspecified atom stereocenters. The number of aromatic hydroxyl groups is 2. The topological polar surface area (TPSA) is 129 Å².